The quantitative estimate of drug-likeness (QED) is 0.850. The van der Waals surface area contributed by atoms with Crippen molar-refractivity contribution in [2.45, 2.75) is 64.5 Å². The Kier molecular flexibility index (Phi) is 3.87. The minimum Gasteiger partial charge on any atom is -0.334 e. The van der Waals surface area contributed by atoms with Gasteiger partial charge in [-0.15, -0.1) is 0 Å². The maximum absolute atomic E-state index is 4.62. The van der Waals surface area contributed by atoms with Gasteiger partial charge in [0.1, 0.15) is 5.82 Å². The van der Waals surface area contributed by atoms with Crippen molar-refractivity contribution in [3.63, 3.8) is 0 Å². The SMILES string of the molecule is CCCn1ccnc1C1(C)CCC(NCC)C1. The molecule has 2 unspecified atom stereocenters. The number of hydrogen-bond acceptors (Lipinski definition) is 2. The molecule has 0 bridgehead atoms. The zero-order valence-electron chi connectivity index (χ0n) is 11.4. The molecule has 1 aromatic heterocycles. The van der Waals surface area contributed by atoms with Crippen LogP contribution in [-0.2, 0) is 12.0 Å². The van der Waals surface area contributed by atoms with Gasteiger partial charge < -0.3 is 9.88 Å². The molecule has 0 radical (unpaired) electrons. The number of hydrogen-bond donors (Lipinski definition) is 1. The lowest BCUT2D eigenvalue weighted by molar-refractivity contribution is 0.411. The number of nitrogens with one attached hydrogen (secondary N) is 1. The average molecular weight is 235 g/mol. The van der Waals surface area contributed by atoms with Gasteiger partial charge in [0.25, 0.3) is 0 Å². The van der Waals surface area contributed by atoms with E-state index in [1.807, 2.05) is 6.20 Å². The van der Waals surface area contributed by atoms with Crippen molar-refractivity contribution in [1.82, 2.24) is 14.9 Å². The number of nitrogens with zero attached hydrogens (tertiary/aromatic N) is 2. The molecule has 1 fully saturated rings. The molecule has 0 spiro atoms. The summed E-state index contributed by atoms with van der Waals surface area (Å²) in [6.07, 6.45) is 9.02. The molecule has 0 aromatic carbocycles. The molecule has 0 amide bonds. The number of aromatic nitrogens is 2. The van der Waals surface area contributed by atoms with Crippen LogP contribution in [0.1, 0.15) is 52.3 Å². The fourth-order valence-electron chi connectivity index (χ4n) is 3.16. The van der Waals surface area contributed by atoms with Gasteiger partial charge in [-0.3, -0.25) is 0 Å². The first-order valence-electron chi connectivity index (χ1n) is 6.94. The summed E-state index contributed by atoms with van der Waals surface area (Å²) in [7, 11) is 0. The van der Waals surface area contributed by atoms with E-state index >= 15 is 0 Å². The number of imidazole rings is 1. The summed E-state index contributed by atoms with van der Waals surface area (Å²) < 4.78 is 2.34. The van der Waals surface area contributed by atoms with Crippen LogP contribution in [-0.4, -0.2) is 22.1 Å². The van der Waals surface area contributed by atoms with Crippen LogP contribution in [0.25, 0.3) is 0 Å². The molecule has 0 aliphatic heterocycles. The molecule has 1 aromatic rings. The summed E-state index contributed by atoms with van der Waals surface area (Å²) in [5.74, 6) is 1.29. The third-order valence-corrected chi connectivity index (χ3v) is 3.95. The van der Waals surface area contributed by atoms with Crippen molar-refractivity contribution in [3.05, 3.63) is 18.2 Å². The van der Waals surface area contributed by atoms with Crippen molar-refractivity contribution in [1.29, 1.82) is 0 Å². The van der Waals surface area contributed by atoms with Crippen LogP contribution in [0.4, 0.5) is 0 Å². The Labute approximate surface area is 105 Å². The first kappa shape index (κ1) is 12.6. The highest BCUT2D eigenvalue weighted by atomic mass is 15.1. The molecule has 1 saturated carbocycles. The second-order valence-electron chi connectivity index (χ2n) is 5.50. The van der Waals surface area contributed by atoms with E-state index in [2.05, 4.69) is 41.8 Å². The van der Waals surface area contributed by atoms with Crippen molar-refractivity contribution in [3.8, 4) is 0 Å². The van der Waals surface area contributed by atoms with Gasteiger partial charge in [0.05, 0.1) is 0 Å². The molecule has 1 aliphatic rings. The van der Waals surface area contributed by atoms with E-state index in [-0.39, 0.29) is 5.41 Å². The van der Waals surface area contributed by atoms with E-state index in [0.717, 1.165) is 13.1 Å². The smallest absolute Gasteiger partial charge is 0.114 e. The highest BCUT2D eigenvalue weighted by Gasteiger charge is 2.39. The summed E-state index contributed by atoms with van der Waals surface area (Å²) in [6.45, 7) is 8.95. The van der Waals surface area contributed by atoms with E-state index < -0.39 is 0 Å². The van der Waals surface area contributed by atoms with Gasteiger partial charge in [0.2, 0.25) is 0 Å². The van der Waals surface area contributed by atoms with Crippen molar-refractivity contribution >= 4 is 0 Å². The molecule has 1 aliphatic carbocycles. The standard InChI is InChI=1S/C14H25N3/c1-4-9-17-10-8-16-13(17)14(3)7-6-12(11-14)15-5-2/h8,10,12,15H,4-7,9,11H2,1-3H3. The summed E-state index contributed by atoms with van der Waals surface area (Å²) in [5, 5.41) is 3.58. The Morgan fingerprint density at radius 2 is 2.35 bits per heavy atom. The number of rotatable bonds is 5. The maximum Gasteiger partial charge on any atom is 0.114 e. The van der Waals surface area contributed by atoms with Crippen LogP contribution in [0.2, 0.25) is 0 Å². The molecule has 3 heteroatoms. The van der Waals surface area contributed by atoms with Crippen LogP contribution < -0.4 is 5.32 Å². The molecular weight excluding hydrogens is 210 g/mol. The monoisotopic (exact) mass is 235 g/mol. The number of aryl methyl sites for hydroxylation is 1. The maximum atomic E-state index is 4.62. The van der Waals surface area contributed by atoms with Crippen LogP contribution >= 0.6 is 0 Å². The fraction of sp³-hybridized carbons (Fsp3) is 0.786. The molecule has 2 rings (SSSR count). The summed E-state index contributed by atoms with van der Waals surface area (Å²) >= 11 is 0. The van der Waals surface area contributed by atoms with Crippen molar-refractivity contribution < 1.29 is 0 Å². The first-order chi connectivity index (χ1) is 8.19. The van der Waals surface area contributed by atoms with Gasteiger partial charge in [0.15, 0.2) is 0 Å². The van der Waals surface area contributed by atoms with E-state index in [1.54, 1.807) is 0 Å². The van der Waals surface area contributed by atoms with Crippen LogP contribution in [0.15, 0.2) is 12.4 Å². The van der Waals surface area contributed by atoms with Gasteiger partial charge >= 0.3 is 0 Å². The Morgan fingerprint density at radius 1 is 1.53 bits per heavy atom. The zero-order valence-corrected chi connectivity index (χ0v) is 11.4. The normalized spacial score (nSPS) is 28.8. The molecule has 1 N–H and O–H groups in total. The van der Waals surface area contributed by atoms with Gasteiger partial charge in [-0.25, -0.2) is 4.98 Å². The van der Waals surface area contributed by atoms with Crippen LogP contribution in [0, 0.1) is 0 Å². The Morgan fingerprint density at radius 3 is 3.06 bits per heavy atom. The van der Waals surface area contributed by atoms with Crippen molar-refractivity contribution in [2.24, 2.45) is 0 Å². The minimum atomic E-state index is 0.269. The second kappa shape index (κ2) is 5.21. The van der Waals surface area contributed by atoms with E-state index in [4.69, 9.17) is 0 Å². The second-order valence-corrected chi connectivity index (χ2v) is 5.50. The van der Waals surface area contributed by atoms with Crippen LogP contribution in [0.5, 0.6) is 0 Å². The highest BCUT2D eigenvalue weighted by Crippen LogP contribution is 2.39. The molecule has 96 valence electrons. The largest absolute Gasteiger partial charge is 0.334 e. The Balaban J connectivity index is 2.13. The van der Waals surface area contributed by atoms with Gasteiger partial charge in [0, 0.05) is 30.4 Å². The Hall–Kier alpha value is -0.830. The minimum absolute atomic E-state index is 0.269. The fourth-order valence-corrected chi connectivity index (χ4v) is 3.16. The van der Waals surface area contributed by atoms with E-state index in [0.29, 0.717) is 6.04 Å². The predicted molar refractivity (Wildman–Crippen MR) is 71.2 cm³/mol. The Bertz CT molecular complexity index is 358. The van der Waals surface area contributed by atoms with E-state index in [1.165, 1.54) is 31.5 Å². The summed E-state index contributed by atoms with van der Waals surface area (Å²) in [5.41, 5.74) is 0.269. The highest BCUT2D eigenvalue weighted by molar-refractivity contribution is 5.13. The van der Waals surface area contributed by atoms with Gasteiger partial charge in [-0.05, 0) is 32.2 Å². The summed E-state index contributed by atoms with van der Waals surface area (Å²) in [6, 6.07) is 0.678. The predicted octanol–water partition coefficient (Wildman–Crippen LogP) is 2.71. The molecule has 1 heterocycles. The van der Waals surface area contributed by atoms with Gasteiger partial charge in [-0.2, -0.15) is 0 Å². The first-order valence-corrected chi connectivity index (χ1v) is 6.94. The van der Waals surface area contributed by atoms with Gasteiger partial charge in [-0.1, -0.05) is 20.8 Å². The van der Waals surface area contributed by atoms with Crippen LogP contribution in [0.3, 0.4) is 0 Å². The third kappa shape index (κ3) is 2.54. The van der Waals surface area contributed by atoms with E-state index in [9.17, 15) is 0 Å². The topological polar surface area (TPSA) is 29.9 Å². The molecule has 0 saturated heterocycles. The van der Waals surface area contributed by atoms with Crippen molar-refractivity contribution in [2.75, 3.05) is 6.54 Å². The lowest BCUT2D eigenvalue weighted by atomic mass is 9.87. The molecular formula is C14H25N3. The molecule has 17 heavy (non-hydrogen) atoms. The summed E-state index contributed by atoms with van der Waals surface area (Å²) in [4.78, 5) is 4.62. The molecule has 2 atom stereocenters. The average Bonchev–Trinajstić information content (AvgIpc) is 2.88. The third-order valence-electron chi connectivity index (χ3n) is 3.95. The lowest BCUT2D eigenvalue weighted by Gasteiger charge is -2.25. The zero-order chi connectivity index (χ0) is 12.3. The molecule has 3 nitrogen and oxygen atoms in total. The lowest BCUT2D eigenvalue weighted by Crippen LogP contribution is -2.30.